The quantitative estimate of drug-likeness (QED) is 0.166. The topological polar surface area (TPSA) is 153 Å². The molecule has 1 spiro atoms. The average molecular weight is 637 g/mol. The highest BCUT2D eigenvalue weighted by Crippen LogP contribution is 2.66. The lowest BCUT2D eigenvalue weighted by molar-refractivity contribution is -0.249. The number of hydrogen-bond donors (Lipinski definition) is 0. The Kier molecular flexibility index (Phi) is 9.81. The van der Waals surface area contributed by atoms with Gasteiger partial charge in [0.1, 0.15) is 24.4 Å². The van der Waals surface area contributed by atoms with E-state index in [1.807, 2.05) is 6.92 Å². The molecule has 0 bridgehead atoms. The van der Waals surface area contributed by atoms with Gasteiger partial charge in [-0.15, -0.1) is 0 Å². The Morgan fingerprint density at radius 3 is 2.02 bits per heavy atom. The van der Waals surface area contributed by atoms with Crippen LogP contribution in [0.15, 0.2) is 11.6 Å². The molecule has 12 heteroatoms. The van der Waals surface area contributed by atoms with Crippen LogP contribution in [0.4, 0.5) is 0 Å². The van der Waals surface area contributed by atoms with E-state index in [1.54, 1.807) is 26.8 Å². The number of rotatable bonds is 8. The van der Waals surface area contributed by atoms with Gasteiger partial charge in [0.15, 0.2) is 17.3 Å². The van der Waals surface area contributed by atoms with Crippen molar-refractivity contribution in [2.75, 3.05) is 6.61 Å². The van der Waals surface area contributed by atoms with Gasteiger partial charge in [-0.2, -0.15) is 0 Å². The van der Waals surface area contributed by atoms with Crippen molar-refractivity contribution < 1.29 is 57.1 Å². The van der Waals surface area contributed by atoms with Gasteiger partial charge in [-0.3, -0.25) is 19.2 Å². The number of carbonyl (C=O) groups is 5. The van der Waals surface area contributed by atoms with Crippen molar-refractivity contribution in [1.29, 1.82) is 0 Å². The molecule has 2 heterocycles. The normalized spacial score (nSPS) is 41.7. The van der Waals surface area contributed by atoms with Crippen molar-refractivity contribution in [3.05, 3.63) is 11.6 Å². The Hall–Kier alpha value is -2.99. The van der Waals surface area contributed by atoms with Crippen LogP contribution >= 0.6 is 0 Å². The molecule has 11 atom stereocenters. The zero-order valence-corrected chi connectivity index (χ0v) is 28.0. The van der Waals surface area contributed by atoms with Gasteiger partial charge in [-0.25, -0.2) is 4.79 Å². The highest BCUT2D eigenvalue weighted by molar-refractivity contribution is 5.89. The van der Waals surface area contributed by atoms with Crippen molar-refractivity contribution in [3.63, 3.8) is 0 Å². The monoisotopic (exact) mass is 636 g/mol. The van der Waals surface area contributed by atoms with Crippen molar-refractivity contribution in [2.24, 2.45) is 23.2 Å². The lowest BCUT2D eigenvalue weighted by Gasteiger charge is -2.58. The third-order valence-corrected chi connectivity index (χ3v) is 10.0. The van der Waals surface area contributed by atoms with E-state index in [1.165, 1.54) is 27.7 Å². The summed E-state index contributed by atoms with van der Waals surface area (Å²) in [5.41, 5.74) is -3.58. The summed E-state index contributed by atoms with van der Waals surface area (Å²) >= 11 is 0. The van der Waals surface area contributed by atoms with Gasteiger partial charge in [-0.1, -0.05) is 33.3 Å². The summed E-state index contributed by atoms with van der Waals surface area (Å²) in [5.74, 6) is -3.96. The van der Waals surface area contributed by atoms with E-state index in [0.717, 1.165) is 6.42 Å². The Morgan fingerprint density at radius 2 is 1.49 bits per heavy atom. The average Bonchev–Trinajstić information content (AvgIpc) is 3.48. The summed E-state index contributed by atoms with van der Waals surface area (Å²) in [6.45, 7) is 16.8. The Balaban J connectivity index is 2.03. The van der Waals surface area contributed by atoms with Crippen LogP contribution in [0, 0.1) is 23.2 Å². The molecule has 0 aromatic heterocycles. The second kappa shape index (κ2) is 12.7. The number of fused-ring (bicyclic) bond motifs is 1. The van der Waals surface area contributed by atoms with Crippen LogP contribution in [0.1, 0.15) is 88.5 Å². The Labute approximate surface area is 264 Å². The fourth-order valence-electron chi connectivity index (χ4n) is 7.98. The minimum atomic E-state index is -1.44. The maximum atomic E-state index is 13.3. The molecule has 2 saturated heterocycles. The predicted octanol–water partition coefficient (Wildman–Crippen LogP) is 3.61. The largest absolute Gasteiger partial charge is 0.462 e. The predicted molar refractivity (Wildman–Crippen MR) is 157 cm³/mol. The summed E-state index contributed by atoms with van der Waals surface area (Å²) in [6.07, 6.45) is -2.95. The molecule has 252 valence electrons. The summed E-state index contributed by atoms with van der Waals surface area (Å²) in [5, 5.41) is 0. The van der Waals surface area contributed by atoms with Crippen LogP contribution in [0.3, 0.4) is 0 Å². The molecule has 2 aliphatic carbocycles. The fraction of sp³-hybridized carbons (Fsp3) is 0.788. The van der Waals surface area contributed by atoms with E-state index in [-0.39, 0.29) is 12.8 Å². The van der Waals surface area contributed by atoms with E-state index in [9.17, 15) is 24.0 Å². The maximum absolute atomic E-state index is 13.3. The highest BCUT2D eigenvalue weighted by Gasteiger charge is 2.87. The zero-order chi connectivity index (χ0) is 33.6. The minimum Gasteiger partial charge on any atom is -0.462 e. The van der Waals surface area contributed by atoms with Crippen molar-refractivity contribution >= 4 is 29.8 Å². The Morgan fingerprint density at radius 1 is 0.911 bits per heavy atom. The van der Waals surface area contributed by atoms with Gasteiger partial charge >= 0.3 is 29.8 Å². The van der Waals surface area contributed by atoms with Gasteiger partial charge in [-0.05, 0) is 38.2 Å². The molecule has 0 aromatic carbocycles. The van der Waals surface area contributed by atoms with E-state index in [2.05, 4.69) is 13.8 Å². The standard InChI is InChI=1S/C33H48O12/c1-16(2)11-12-39-23-15-25(41-20(6)35)31(9)27(18(23)4)29(43-22(8)37)33-26(44-30(38)32(33,10)45-33)14-17(3)13-24(40-19(5)34)28(31)42-21(7)36/h14,16,18,23-29H,11-13,15H2,1-10H3/b17-14+/t18-,23-,24-,25?,26-,27+,28-,29-,31-,32-,33-/m0/s1. The zero-order valence-electron chi connectivity index (χ0n) is 28.0. The second-order valence-corrected chi connectivity index (χ2v) is 13.9. The van der Waals surface area contributed by atoms with E-state index >= 15 is 0 Å². The lowest BCUT2D eigenvalue weighted by Crippen LogP contribution is -2.68. The van der Waals surface area contributed by atoms with Gasteiger partial charge in [0.2, 0.25) is 0 Å². The summed E-state index contributed by atoms with van der Waals surface area (Å²) < 4.78 is 42.8. The second-order valence-electron chi connectivity index (χ2n) is 13.9. The fourth-order valence-corrected chi connectivity index (χ4v) is 7.98. The SMILES string of the molecule is CC(=O)OC1C[C@H](OCCC(C)C)[C@H](C)[C@@H]2[C@H](OC(C)=O)[C@]34O[C@@]3(C)C(=O)O[C@H]4/C=C(\C)C[C@H](OC(C)=O)[C@H](OC(C)=O)[C@@]12C. The molecule has 3 fully saturated rings. The molecule has 2 aliphatic heterocycles. The third-order valence-electron chi connectivity index (χ3n) is 10.0. The summed E-state index contributed by atoms with van der Waals surface area (Å²) in [7, 11) is 0. The van der Waals surface area contributed by atoms with Crippen molar-refractivity contribution in [3.8, 4) is 0 Å². The number of carbonyl (C=O) groups excluding carboxylic acids is 5. The van der Waals surface area contributed by atoms with Crippen LogP contribution in [0.25, 0.3) is 0 Å². The number of esters is 5. The highest BCUT2D eigenvalue weighted by atomic mass is 16.7. The smallest absolute Gasteiger partial charge is 0.342 e. The molecule has 0 amide bonds. The van der Waals surface area contributed by atoms with Crippen molar-refractivity contribution in [1.82, 2.24) is 0 Å². The maximum Gasteiger partial charge on any atom is 0.342 e. The molecular weight excluding hydrogens is 588 g/mol. The summed E-state index contributed by atoms with van der Waals surface area (Å²) in [6, 6.07) is 0. The number of epoxide rings is 1. The van der Waals surface area contributed by atoms with Gasteiger partial charge in [0.25, 0.3) is 0 Å². The molecule has 4 aliphatic rings. The van der Waals surface area contributed by atoms with Crippen molar-refractivity contribution in [2.45, 2.75) is 136 Å². The number of ether oxygens (including phenoxy) is 7. The molecule has 1 saturated carbocycles. The first-order valence-corrected chi connectivity index (χ1v) is 15.8. The molecule has 0 radical (unpaired) electrons. The molecule has 1 unspecified atom stereocenters. The summed E-state index contributed by atoms with van der Waals surface area (Å²) in [4.78, 5) is 64.2. The first kappa shape index (κ1) is 34.9. The van der Waals surface area contributed by atoms with Gasteiger partial charge in [0.05, 0.1) is 11.5 Å². The molecule has 45 heavy (non-hydrogen) atoms. The van der Waals surface area contributed by atoms with E-state index in [0.29, 0.717) is 18.1 Å². The molecular formula is C33H48O12. The molecule has 4 rings (SSSR count). The number of hydrogen-bond acceptors (Lipinski definition) is 12. The lowest BCUT2D eigenvalue weighted by atomic mass is 9.52. The Bertz CT molecular complexity index is 1240. The first-order valence-electron chi connectivity index (χ1n) is 15.8. The van der Waals surface area contributed by atoms with Gasteiger partial charge < -0.3 is 33.2 Å². The van der Waals surface area contributed by atoms with Gasteiger partial charge in [0, 0.05) is 53.1 Å². The van der Waals surface area contributed by atoms with E-state index in [4.69, 9.17) is 33.2 Å². The van der Waals surface area contributed by atoms with Crippen LogP contribution in [-0.2, 0) is 57.1 Å². The third kappa shape index (κ3) is 6.24. The van der Waals surface area contributed by atoms with Crippen LogP contribution in [0.2, 0.25) is 0 Å². The molecule has 0 aromatic rings. The molecule has 12 nitrogen and oxygen atoms in total. The van der Waals surface area contributed by atoms with Crippen LogP contribution in [-0.4, -0.2) is 84.3 Å². The van der Waals surface area contributed by atoms with Crippen LogP contribution in [0.5, 0.6) is 0 Å². The van der Waals surface area contributed by atoms with Crippen LogP contribution < -0.4 is 0 Å². The minimum absolute atomic E-state index is 0.106. The van der Waals surface area contributed by atoms with E-state index < -0.39 is 94.9 Å². The molecule has 0 N–H and O–H groups in total. The first-order chi connectivity index (χ1) is 20.9.